The van der Waals surface area contributed by atoms with Crippen LogP contribution >= 0.6 is 0 Å². The van der Waals surface area contributed by atoms with E-state index in [1.807, 2.05) is 12.3 Å². The molecule has 7 heteroatoms. The van der Waals surface area contributed by atoms with Gasteiger partial charge in [0.1, 0.15) is 11.5 Å². The van der Waals surface area contributed by atoms with Gasteiger partial charge < -0.3 is 14.9 Å². The largest absolute Gasteiger partial charge is 0.395 e. The number of nitrogens with zero attached hydrogens (tertiary/aromatic N) is 6. The van der Waals surface area contributed by atoms with E-state index in [9.17, 15) is 5.11 Å². The third kappa shape index (κ3) is 4.00. The number of hydrogen-bond donors (Lipinski definition) is 1. The lowest BCUT2D eigenvalue weighted by Crippen LogP contribution is -2.45. The number of piperazine rings is 1. The van der Waals surface area contributed by atoms with Crippen molar-refractivity contribution in [3.8, 4) is 0 Å². The average molecular weight is 435 g/mol. The van der Waals surface area contributed by atoms with Crippen LogP contribution in [0.5, 0.6) is 0 Å². The lowest BCUT2D eigenvalue weighted by molar-refractivity contribution is 0.0574. The predicted octanol–water partition coefficient (Wildman–Crippen LogP) is 3.05. The van der Waals surface area contributed by atoms with Crippen LogP contribution in [-0.2, 0) is 0 Å². The normalized spacial score (nSPS) is 23.2. The van der Waals surface area contributed by atoms with Crippen LogP contribution in [0.3, 0.4) is 0 Å². The maximum Gasteiger partial charge on any atom is 0.138 e. The van der Waals surface area contributed by atoms with E-state index in [1.165, 1.54) is 11.4 Å². The number of pyridine rings is 2. The summed E-state index contributed by atoms with van der Waals surface area (Å²) in [5.74, 6) is 1.22. The zero-order chi connectivity index (χ0) is 22.1. The fraction of sp³-hybridized carbons (Fsp3) is 0.520. The maximum absolute atomic E-state index is 9.89. The molecule has 0 amide bonds. The Bertz CT molecular complexity index is 1060. The molecule has 0 bridgehead atoms. The highest BCUT2D eigenvalue weighted by Crippen LogP contribution is 2.41. The molecular formula is C25H34N6O. The number of aliphatic hydroxyl groups excluding tert-OH is 1. The van der Waals surface area contributed by atoms with E-state index in [4.69, 9.17) is 9.97 Å². The third-order valence-electron chi connectivity index (χ3n) is 7.14. The number of fused-ring (bicyclic) bond motifs is 1. The summed E-state index contributed by atoms with van der Waals surface area (Å²) in [5, 5.41) is 9.89. The first-order chi connectivity index (χ1) is 15.7. The molecule has 0 spiro atoms. The SMILES string of the molecule is Cc1cccnc1[C@@H]1CCC[C@H](c2cn3c(N4CCN(C)CC4)cccc3n2)N1CCO. The Morgan fingerprint density at radius 2 is 1.84 bits per heavy atom. The molecule has 2 fully saturated rings. The minimum Gasteiger partial charge on any atom is -0.395 e. The van der Waals surface area contributed by atoms with E-state index in [0.717, 1.165) is 62.5 Å². The third-order valence-corrected chi connectivity index (χ3v) is 7.14. The van der Waals surface area contributed by atoms with Crippen molar-refractivity contribution in [1.29, 1.82) is 0 Å². The molecule has 170 valence electrons. The van der Waals surface area contributed by atoms with Crippen molar-refractivity contribution < 1.29 is 5.11 Å². The molecule has 0 unspecified atom stereocenters. The molecule has 0 aromatic carbocycles. The zero-order valence-electron chi connectivity index (χ0n) is 19.2. The summed E-state index contributed by atoms with van der Waals surface area (Å²) in [4.78, 5) is 17.1. The molecular weight excluding hydrogens is 400 g/mol. The van der Waals surface area contributed by atoms with Crippen molar-refractivity contribution in [3.05, 3.63) is 59.7 Å². The lowest BCUT2D eigenvalue weighted by Gasteiger charge is -2.41. The van der Waals surface area contributed by atoms with Crippen molar-refractivity contribution in [3.63, 3.8) is 0 Å². The molecule has 7 nitrogen and oxygen atoms in total. The highest BCUT2D eigenvalue weighted by atomic mass is 16.3. The van der Waals surface area contributed by atoms with Crippen LogP contribution in [0.4, 0.5) is 5.82 Å². The Morgan fingerprint density at radius 1 is 1.03 bits per heavy atom. The van der Waals surface area contributed by atoms with E-state index < -0.39 is 0 Å². The Labute approximate surface area is 190 Å². The van der Waals surface area contributed by atoms with Crippen molar-refractivity contribution in [2.45, 2.75) is 38.3 Å². The van der Waals surface area contributed by atoms with E-state index in [-0.39, 0.29) is 18.7 Å². The van der Waals surface area contributed by atoms with E-state index in [1.54, 1.807) is 0 Å². The Morgan fingerprint density at radius 3 is 2.62 bits per heavy atom. The fourth-order valence-electron chi connectivity index (χ4n) is 5.41. The summed E-state index contributed by atoms with van der Waals surface area (Å²) in [6, 6.07) is 10.9. The van der Waals surface area contributed by atoms with Crippen LogP contribution in [0.2, 0.25) is 0 Å². The molecule has 2 aliphatic heterocycles. The van der Waals surface area contributed by atoms with E-state index in [2.05, 4.69) is 63.5 Å². The molecule has 1 N–H and O–H groups in total. The summed E-state index contributed by atoms with van der Waals surface area (Å²) in [6.07, 6.45) is 7.36. The van der Waals surface area contributed by atoms with E-state index >= 15 is 0 Å². The Balaban J connectivity index is 1.49. The first kappa shape index (κ1) is 21.4. The molecule has 0 saturated carbocycles. The number of hydrogen-bond acceptors (Lipinski definition) is 6. The number of likely N-dealkylation sites (N-methyl/N-ethyl adjacent to an activating group) is 1. The molecule has 32 heavy (non-hydrogen) atoms. The monoisotopic (exact) mass is 434 g/mol. The molecule has 0 radical (unpaired) electrons. The standard InChI is InChI=1S/C25H34N6O/c1-19-6-5-11-26-25(19)22-8-3-7-21(30(22)16-17-32)20-18-31-23(27-20)9-4-10-24(31)29-14-12-28(2)13-15-29/h4-6,9-11,18,21-22,32H,3,7-8,12-17H2,1-2H3/t21-,22+/m1/s1. The molecule has 3 aromatic heterocycles. The summed E-state index contributed by atoms with van der Waals surface area (Å²) in [7, 11) is 2.19. The summed E-state index contributed by atoms with van der Waals surface area (Å²) in [5.41, 5.74) is 4.44. The molecule has 5 rings (SSSR count). The second-order valence-electron chi connectivity index (χ2n) is 9.20. The van der Waals surface area contributed by atoms with Crippen molar-refractivity contribution in [1.82, 2.24) is 24.2 Å². The van der Waals surface area contributed by atoms with Gasteiger partial charge in [-0.25, -0.2) is 4.98 Å². The van der Waals surface area contributed by atoms with Gasteiger partial charge in [0.05, 0.1) is 30.1 Å². The number of rotatable bonds is 5. The number of anilines is 1. The number of aromatic nitrogens is 3. The summed E-state index contributed by atoms with van der Waals surface area (Å²) < 4.78 is 2.26. The van der Waals surface area contributed by atoms with Gasteiger partial charge in [-0.15, -0.1) is 0 Å². The van der Waals surface area contributed by atoms with Crippen molar-refractivity contribution in [2.24, 2.45) is 0 Å². The topological polar surface area (TPSA) is 60.1 Å². The molecule has 2 saturated heterocycles. The first-order valence-corrected chi connectivity index (χ1v) is 11.9. The summed E-state index contributed by atoms with van der Waals surface area (Å²) >= 11 is 0. The lowest BCUT2D eigenvalue weighted by atomic mass is 9.90. The number of imidazole rings is 1. The van der Waals surface area contributed by atoms with Crippen LogP contribution in [0.15, 0.2) is 42.7 Å². The molecule has 5 heterocycles. The smallest absolute Gasteiger partial charge is 0.138 e. The second kappa shape index (κ2) is 9.17. The summed E-state index contributed by atoms with van der Waals surface area (Å²) in [6.45, 7) is 7.12. The molecule has 2 aliphatic rings. The van der Waals surface area contributed by atoms with Gasteiger partial charge in [-0.05, 0) is 57.0 Å². The minimum absolute atomic E-state index is 0.138. The van der Waals surface area contributed by atoms with Crippen LogP contribution in [0, 0.1) is 6.92 Å². The predicted molar refractivity (Wildman–Crippen MR) is 127 cm³/mol. The number of piperidine rings is 1. The van der Waals surface area contributed by atoms with Crippen molar-refractivity contribution in [2.75, 3.05) is 51.3 Å². The van der Waals surface area contributed by atoms with Crippen LogP contribution < -0.4 is 4.90 Å². The molecule has 0 aliphatic carbocycles. The Kier molecular flexibility index (Phi) is 6.13. The quantitative estimate of drug-likeness (QED) is 0.666. The van der Waals surface area contributed by atoms with Gasteiger partial charge in [0.15, 0.2) is 0 Å². The highest BCUT2D eigenvalue weighted by Gasteiger charge is 2.35. The molecule has 2 atom stereocenters. The van der Waals surface area contributed by atoms with E-state index in [0.29, 0.717) is 6.54 Å². The van der Waals surface area contributed by atoms with Crippen molar-refractivity contribution >= 4 is 11.5 Å². The first-order valence-electron chi connectivity index (χ1n) is 11.9. The Hall–Kier alpha value is -2.48. The minimum atomic E-state index is 0.138. The average Bonchev–Trinajstić information content (AvgIpc) is 3.25. The second-order valence-corrected chi connectivity index (χ2v) is 9.20. The number of β-amino-alcohol motifs (C(OH)–C–C–N with tert-alkyl or cyclic N) is 1. The van der Waals surface area contributed by atoms with Gasteiger partial charge in [0, 0.05) is 45.1 Å². The van der Waals surface area contributed by atoms with Crippen LogP contribution in [0.1, 0.15) is 48.3 Å². The highest BCUT2D eigenvalue weighted by molar-refractivity contribution is 5.53. The van der Waals surface area contributed by atoms with Gasteiger partial charge in [-0.3, -0.25) is 14.3 Å². The number of likely N-dealkylation sites (tertiary alicyclic amines) is 1. The molecule has 3 aromatic rings. The number of aliphatic hydroxyl groups is 1. The zero-order valence-corrected chi connectivity index (χ0v) is 19.2. The fourth-order valence-corrected chi connectivity index (χ4v) is 5.41. The van der Waals surface area contributed by atoms with Gasteiger partial charge in [-0.2, -0.15) is 0 Å². The van der Waals surface area contributed by atoms with Gasteiger partial charge in [0.2, 0.25) is 0 Å². The van der Waals surface area contributed by atoms with Gasteiger partial charge in [-0.1, -0.05) is 12.1 Å². The van der Waals surface area contributed by atoms with Crippen LogP contribution in [0.25, 0.3) is 5.65 Å². The number of aryl methyl sites for hydroxylation is 1. The van der Waals surface area contributed by atoms with Gasteiger partial charge >= 0.3 is 0 Å². The van der Waals surface area contributed by atoms with Crippen LogP contribution in [-0.4, -0.2) is 75.7 Å². The maximum atomic E-state index is 9.89. The van der Waals surface area contributed by atoms with Gasteiger partial charge in [0.25, 0.3) is 0 Å².